The van der Waals surface area contributed by atoms with Gasteiger partial charge in [0.15, 0.2) is 5.82 Å². The number of rotatable bonds is 6. The summed E-state index contributed by atoms with van der Waals surface area (Å²) in [4.78, 5) is 4.55. The molecular weight excluding hydrogens is 374 g/mol. The molecule has 0 aliphatic rings. The van der Waals surface area contributed by atoms with E-state index in [9.17, 15) is 0 Å². The van der Waals surface area contributed by atoms with Crippen molar-refractivity contribution < 1.29 is 0 Å². The number of hydrogen-bond donors (Lipinski definition) is 1. The minimum atomic E-state index is -0.590. The zero-order valence-corrected chi connectivity index (χ0v) is 16.1. The molecule has 0 fully saturated rings. The Bertz CT molecular complexity index is 891. The fraction of sp³-hybridized carbons (Fsp3) is 0.0909. The third kappa shape index (κ3) is 3.46. The molecule has 0 aliphatic carbocycles. The third-order valence-electron chi connectivity index (χ3n) is 4.50. The van der Waals surface area contributed by atoms with Crippen molar-refractivity contribution >= 4 is 28.3 Å². The van der Waals surface area contributed by atoms with Crippen LogP contribution in [0.4, 0.5) is 5.13 Å². The summed E-state index contributed by atoms with van der Waals surface area (Å²) in [7, 11) is 0. The standard InChI is InChI=1S/C22H18ClN3S/c23-16-20-24-21(27-26-20)25-22(17-10-4-1-5-11-17,18-12-6-2-7-13-18)19-14-8-3-9-15-19/h1-15H,16H2,(H,24,25,26). The summed E-state index contributed by atoms with van der Waals surface area (Å²) in [6.45, 7) is 0. The molecule has 3 aromatic carbocycles. The number of alkyl halides is 1. The third-order valence-corrected chi connectivity index (χ3v) is 5.41. The first-order chi connectivity index (χ1) is 13.3. The van der Waals surface area contributed by atoms with Crippen LogP contribution in [0.15, 0.2) is 91.0 Å². The summed E-state index contributed by atoms with van der Waals surface area (Å²) in [5.74, 6) is 0.931. The van der Waals surface area contributed by atoms with Crippen LogP contribution in [0.5, 0.6) is 0 Å². The van der Waals surface area contributed by atoms with Crippen molar-refractivity contribution in [2.75, 3.05) is 5.32 Å². The predicted molar refractivity (Wildman–Crippen MR) is 112 cm³/mol. The highest BCUT2D eigenvalue weighted by Gasteiger charge is 2.37. The van der Waals surface area contributed by atoms with Crippen molar-refractivity contribution in [1.82, 2.24) is 9.36 Å². The average Bonchev–Trinajstić information content (AvgIpc) is 3.21. The summed E-state index contributed by atoms with van der Waals surface area (Å²) in [6, 6.07) is 31.2. The highest BCUT2D eigenvalue weighted by molar-refractivity contribution is 7.09. The van der Waals surface area contributed by atoms with Gasteiger partial charge in [-0.05, 0) is 16.7 Å². The molecule has 4 rings (SSSR count). The Labute approximate surface area is 167 Å². The van der Waals surface area contributed by atoms with Crippen LogP contribution in [0, 0.1) is 0 Å². The van der Waals surface area contributed by atoms with Crippen molar-refractivity contribution in [1.29, 1.82) is 0 Å². The number of nitrogens with one attached hydrogen (secondary N) is 1. The molecule has 0 amide bonds. The van der Waals surface area contributed by atoms with Crippen molar-refractivity contribution in [3.05, 3.63) is 114 Å². The number of anilines is 1. The molecule has 1 N–H and O–H groups in total. The SMILES string of the molecule is ClCc1nsc(NC(c2ccccc2)(c2ccccc2)c2ccccc2)n1. The Hall–Kier alpha value is -2.69. The molecule has 0 aliphatic heterocycles. The van der Waals surface area contributed by atoms with E-state index in [0.29, 0.717) is 11.7 Å². The number of nitrogens with zero attached hydrogens (tertiary/aromatic N) is 2. The largest absolute Gasteiger partial charge is 0.343 e. The molecule has 0 radical (unpaired) electrons. The first-order valence-electron chi connectivity index (χ1n) is 8.66. The van der Waals surface area contributed by atoms with Gasteiger partial charge < -0.3 is 5.32 Å². The number of hydrogen-bond acceptors (Lipinski definition) is 4. The highest BCUT2D eigenvalue weighted by Crippen LogP contribution is 2.40. The molecule has 0 saturated carbocycles. The van der Waals surface area contributed by atoms with Gasteiger partial charge in [-0.2, -0.15) is 4.37 Å². The van der Waals surface area contributed by atoms with Crippen molar-refractivity contribution in [2.24, 2.45) is 0 Å². The summed E-state index contributed by atoms with van der Waals surface area (Å²) in [5.41, 5.74) is 2.80. The molecule has 0 bridgehead atoms. The van der Waals surface area contributed by atoms with E-state index in [2.05, 4.69) is 87.5 Å². The van der Waals surface area contributed by atoms with Crippen LogP contribution in [-0.2, 0) is 11.4 Å². The molecule has 0 unspecified atom stereocenters. The van der Waals surface area contributed by atoms with E-state index >= 15 is 0 Å². The minimum absolute atomic E-state index is 0.299. The van der Waals surface area contributed by atoms with Gasteiger partial charge in [0.25, 0.3) is 0 Å². The van der Waals surface area contributed by atoms with Crippen molar-refractivity contribution in [3.8, 4) is 0 Å². The van der Waals surface area contributed by atoms with E-state index in [1.807, 2.05) is 18.2 Å². The monoisotopic (exact) mass is 391 g/mol. The van der Waals surface area contributed by atoms with E-state index in [1.54, 1.807) is 0 Å². The second-order valence-electron chi connectivity index (χ2n) is 6.12. The van der Waals surface area contributed by atoms with E-state index in [0.717, 1.165) is 21.8 Å². The van der Waals surface area contributed by atoms with Crippen LogP contribution in [-0.4, -0.2) is 9.36 Å². The lowest BCUT2D eigenvalue weighted by atomic mass is 9.77. The normalized spacial score (nSPS) is 11.3. The molecule has 5 heteroatoms. The van der Waals surface area contributed by atoms with Crippen LogP contribution >= 0.6 is 23.1 Å². The molecule has 0 saturated heterocycles. The van der Waals surface area contributed by atoms with Crippen LogP contribution in [0.3, 0.4) is 0 Å². The first-order valence-corrected chi connectivity index (χ1v) is 9.97. The molecule has 4 aromatic rings. The van der Waals surface area contributed by atoms with E-state index < -0.39 is 5.54 Å². The Balaban J connectivity index is 1.97. The van der Waals surface area contributed by atoms with Crippen LogP contribution in [0.2, 0.25) is 0 Å². The molecule has 1 aromatic heterocycles. The zero-order chi connectivity index (χ0) is 18.5. The molecule has 0 spiro atoms. The van der Waals surface area contributed by atoms with Crippen LogP contribution < -0.4 is 5.32 Å². The van der Waals surface area contributed by atoms with Crippen molar-refractivity contribution in [3.63, 3.8) is 0 Å². The highest BCUT2D eigenvalue weighted by atomic mass is 35.5. The van der Waals surface area contributed by atoms with Gasteiger partial charge in [0.05, 0.1) is 5.88 Å². The fourth-order valence-corrected chi connectivity index (χ4v) is 4.13. The Morgan fingerprint density at radius 3 is 1.56 bits per heavy atom. The molecule has 0 atom stereocenters. The van der Waals surface area contributed by atoms with Crippen molar-refractivity contribution in [2.45, 2.75) is 11.4 Å². The Kier molecular flexibility index (Phi) is 5.19. The first kappa shape index (κ1) is 17.7. The second-order valence-corrected chi connectivity index (χ2v) is 7.14. The summed E-state index contributed by atoms with van der Waals surface area (Å²) < 4.78 is 4.34. The van der Waals surface area contributed by atoms with Gasteiger partial charge >= 0.3 is 0 Å². The minimum Gasteiger partial charge on any atom is -0.343 e. The predicted octanol–water partition coefficient (Wildman–Crippen LogP) is 5.68. The lowest BCUT2D eigenvalue weighted by Gasteiger charge is -2.36. The Morgan fingerprint density at radius 2 is 1.19 bits per heavy atom. The van der Waals surface area contributed by atoms with E-state index in [-0.39, 0.29) is 0 Å². The second kappa shape index (κ2) is 7.91. The topological polar surface area (TPSA) is 37.8 Å². The number of benzene rings is 3. The van der Waals surface area contributed by atoms with Gasteiger partial charge in [-0.25, -0.2) is 4.98 Å². The molecule has 3 nitrogen and oxygen atoms in total. The van der Waals surface area contributed by atoms with E-state index in [4.69, 9.17) is 11.6 Å². The molecular formula is C22H18ClN3S. The van der Waals surface area contributed by atoms with E-state index in [1.165, 1.54) is 11.5 Å². The average molecular weight is 392 g/mol. The molecule has 27 heavy (non-hydrogen) atoms. The summed E-state index contributed by atoms with van der Waals surface area (Å²) >= 11 is 7.24. The van der Waals surface area contributed by atoms with Gasteiger partial charge in [-0.15, -0.1) is 11.6 Å². The van der Waals surface area contributed by atoms with Gasteiger partial charge in [0.2, 0.25) is 5.13 Å². The maximum atomic E-state index is 5.92. The quantitative estimate of drug-likeness (QED) is 0.339. The lowest BCUT2D eigenvalue weighted by molar-refractivity contribution is 0.710. The lowest BCUT2D eigenvalue weighted by Crippen LogP contribution is -2.38. The summed E-state index contributed by atoms with van der Waals surface area (Å²) in [6.07, 6.45) is 0. The summed E-state index contributed by atoms with van der Waals surface area (Å²) in [5, 5.41) is 4.42. The Morgan fingerprint density at radius 1 is 0.741 bits per heavy atom. The van der Waals surface area contributed by atoms with Crippen LogP contribution in [0.1, 0.15) is 22.5 Å². The smallest absolute Gasteiger partial charge is 0.203 e. The fourth-order valence-electron chi connectivity index (χ4n) is 3.30. The molecule has 134 valence electrons. The maximum absolute atomic E-state index is 5.92. The number of aromatic nitrogens is 2. The van der Waals surface area contributed by atoms with Crippen LogP contribution in [0.25, 0.3) is 0 Å². The number of halogens is 1. The van der Waals surface area contributed by atoms with Gasteiger partial charge in [-0.1, -0.05) is 91.0 Å². The van der Waals surface area contributed by atoms with Gasteiger partial charge in [0, 0.05) is 11.5 Å². The van der Waals surface area contributed by atoms with Gasteiger partial charge in [-0.3, -0.25) is 0 Å². The molecule has 1 heterocycles. The zero-order valence-electron chi connectivity index (χ0n) is 14.5. The van der Waals surface area contributed by atoms with Gasteiger partial charge in [0.1, 0.15) is 5.54 Å². The maximum Gasteiger partial charge on any atom is 0.203 e.